The Kier molecular flexibility index (Phi) is 6.29. The minimum Gasteiger partial charge on any atom is -0.493 e. The number of methoxy groups -OCH3 is 2. The summed E-state index contributed by atoms with van der Waals surface area (Å²) in [5.41, 5.74) is 2.51. The van der Waals surface area contributed by atoms with E-state index in [1.807, 2.05) is 48.2 Å². The van der Waals surface area contributed by atoms with Gasteiger partial charge in [0.15, 0.2) is 17.3 Å². The zero-order valence-electron chi connectivity index (χ0n) is 18.4. The first kappa shape index (κ1) is 22.0. The van der Waals surface area contributed by atoms with Crippen molar-refractivity contribution in [2.75, 3.05) is 45.3 Å². The number of rotatable bonds is 6. The Morgan fingerprint density at radius 2 is 1.59 bits per heavy atom. The Hall–Kier alpha value is -3.17. The summed E-state index contributed by atoms with van der Waals surface area (Å²) >= 11 is 0. The van der Waals surface area contributed by atoms with Gasteiger partial charge in [-0.3, -0.25) is 0 Å². The maximum Gasteiger partial charge on any atom is 0.243 e. The van der Waals surface area contributed by atoms with Gasteiger partial charge in [0, 0.05) is 31.7 Å². The van der Waals surface area contributed by atoms with Crippen molar-refractivity contribution >= 4 is 15.8 Å². The fourth-order valence-corrected chi connectivity index (χ4v) is 5.25. The van der Waals surface area contributed by atoms with Gasteiger partial charge in [-0.15, -0.1) is 10.2 Å². The highest BCUT2D eigenvalue weighted by Crippen LogP contribution is 2.31. The van der Waals surface area contributed by atoms with Crippen LogP contribution in [0.15, 0.2) is 59.5 Å². The monoisotopic (exact) mass is 454 g/mol. The van der Waals surface area contributed by atoms with Gasteiger partial charge < -0.3 is 14.4 Å². The lowest BCUT2D eigenvalue weighted by molar-refractivity contribution is 0.355. The first-order chi connectivity index (χ1) is 15.4. The second-order valence-electron chi connectivity index (χ2n) is 7.55. The van der Waals surface area contributed by atoms with Crippen LogP contribution in [-0.2, 0) is 10.0 Å². The Bertz CT molecular complexity index is 1190. The van der Waals surface area contributed by atoms with Gasteiger partial charge in [0.05, 0.1) is 24.8 Å². The normalized spacial score (nSPS) is 14.9. The molecule has 0 atom stereocenters. The van der Waals surface area contributed by atoms with E-state index in [1.165, 1.54) is 4.31 Å². The third-order valence-corrected chi connectivity index (χ3v) is 7.41. The third kappa shape index (κ3) is 4.39. The van der Waals surface area contributed by atoms with Crippen molar-refractivity contribution in [1.82, 2.24) is 14.5 Å². The Morgan fingerprint density at radius 1 is 0.844 bits per heavy atom. The molecule has 2 aromatic carbocycles. The van der Waals surface area contributed by atoms with Crippen molar-refractivity contribution in [3.63, 3.8) is 0 Å². The molecular weight excluding hydrogens is 428 g/mol. The molecule has 8 nitrogen and oxygen atoms in total. The van der Waals surface area contributed by atoms with Crippen LogP contribution < -0.4 is 14.4 Å². The second kappa shape index (κ2) is 9.13. The minimum absolute atomic E-state index is 0.338. The van der Waals surface area contributed by atoms with E-state index < -0.39 is 10.0 Å². The summed E-state index contributed by atoms with van der Waals surface area (Å²) in [6.45, 7) is 3.79. The van der Waals surface area contributed by atoms with E-state index in [-0.39, 0.29) is 0 Å². The molecule has 0 radical (unpaired) electrons. The Morgan fingerprint density at radius 3 is 2.22 bits per heavy atom. The van der Waals surface area contributed by atoms with Crippen LogP contribution in [-0.4, -0.2) is 63.3 Å². The van der Waals surface area contributed by atoms with Gasteiger partial charge in [-0.2, -0.15) is 4.31 Å². The highest BCUT2D eigenvalue weighted by atomic mass is 32.2. The molecule has 0 aliphatic carbocycles. The van der Waals surface area contributed by atoms with Crippen molar-refractivity contribution in [1.29, 1.82) is 0 Å². The minimum atomic E-state index is -3.50. The maximum absolute atomic E-state index is 12.9. The lowest BCUT2D eigenvalue weighted by atomic mass is 10.1. The maximum atomic E-state index is 12.9. The Balaban J connectivity index is 1.44. The second-order valence-corrected chi connectivity index (χ2v) is 9.49. The van der Waals surface area contributed by atoms with Crippen molar-refractivity contribution < 1.29 is 17.9 Å². The van der Waals surface area contributed by atoms with Gasteiger partial charge in [-0.05, 0) is 55.0 Å². The molecule has 0 unspecified atom stereocenters. The van der Waals surface area contributed by atoms with Crippen LogP contribution in [0.25, 0.3) is 11.3 Å². The van der Waals surface area contributed by atoms with Crippen LogP contribution in [0.3, 0.4) is 0 Å². The zero-order chi connectivity index (χ0) is 22.7. The predicted molar refractivity (Wildman–Crippen MR) is 123 cm³/mol. The standard InChI is InChI=1S/C23H26N4O4S/c1-17-5-4-6-19(15-17)32(28,29)27-13-11-26(12-14-27)23-10-8-20(24-25-23)18-7-9-21(30-2)22(16-18)31-3/h4-10,15-16H,11-14H2,1-3H3. The van der Waals surface area contributed by atoms with Crippen LogP contribution >= 0.6 is 0 Å². The van der Waals surface area contributed by atoms with Crippen molar-refractivity contribution in [3.05, 3.63) is 60.2 Å². The topological polar surface area (TPSA) is 84.9 Å². The number of hydrogen-bond acceptors (Lipinski definition) is 7. The third-order valence-electron chi connectivity index (χ3n) is 5.52. The van der Waals surface area contributed by atoms with Crippen molar-refractivity contribution in [3.8, 4) is 22.8 Å². The molecule has 0 spiro atoms. The molecule has 3 aromatic rings. The fourth-order valence-electron chi connectivity index (χ4n) is 3.73. The lowest BCUT2D eigenvalue weighted by Crippen LogP contribution is -2.49. The molecule has 4 rings (SSSR count). The molecular formula is C23H26N4O4S. The summed E-state index contributed by atoms with van der Waals surface area (Å²) < 4.78 is 38.1. The number of anilines is 1. The molecule has 0 bridgehead atoms. The quantitative estimate of drug-likeness (QED) is 0.566. The summed E-state index contributed by atoms with van der Waals surface area (Å²) in [7, 11) is -0.309. The average molecular weight is 455 g/mol. The van der Waals surface area contributed by atoms with E-state index >= 15 is 0 Å². The molecule has 1 aliphatic rings. The van der Waals surface area contributed by atoms with Crippen LogP contribution in [0, 0.1) is 6.92 Å². The van der Waals surface area contributed by atoms with E-state index in [9.17, 15) is 8.42 Å². The average Bonchev–Trinajstić information content (AvgIpc) is 2.84. The van der Waals surface area contributed by atoms with Gasteiger partial charge >= 0.3 is 0 Å². The summed E-state index contributed by atoms with van der Waals surface area (Å²) in [5, 5.41) is 8.73. The highest BCUT2D eigenvalue weighted by molar-refractivity contribution is 7.89. The number of piperazine rings is 1. The number of benzene rings is 2. The summed E-state index contributed by atoms with van der Waals surface area (Å²) in [6, 6.07) is 16.4. The number of aryl methyl sites for hydroxylation is 1. The smallest absolute Gasteiger partial charge is 0.243 e. The van der Waals surface area contributed by atoms with Crippen molar-refractivity contribution in [2.24, 2.45) is 0 Å². The highest BCUT2D eigenvalue weighted by Gasteiger charge is 2.29. The van der Waals surface area contributed by atoms with Crippen LogP contribution in [0.4, 0.5) is 5.82 Å². The fraction of sp³-hybridized carbons (Fsp3) is 0.304. The molecule has 1 aliphatic heterocycles. The Labute approximate surface area is 188 Å². The zero-order valence-corrected chi connectivity index (χ0v) is 19.2. The molecule has 1 aromatic heterocycles. The van der Waals surface area contributed by atoms with Gasteiger partial charge in [-0.1, -0.05) is 12.1 Å². The molecule has 9 heteroatoms. The molecule has 0 saturated carbocycles. The SMILES string of the molecule is COc1ccc(-c2ccc(N3CCN(S(=O)(=O)c4cccc(C)c4)CC3)nn2)cc1OC. The van der Waals surface area contributed by atoms with E-state index in [2.05, 4.69) is 10.2 Å². The number of sulfonamides is 1. The molecule has 1 fully saturated rings. The van der Waals surface area contributed by atoms with Gasteiger partial charge in [-0.25, -0.2) is 8.42 Å². The largest absolute Gasteiger partial charge is 0.493 e. The summed E-state index contributed by atoms with van der Waals surface area (Å²) in [6.07, 6.45) is 0. The molecule has 32 heavy (non-hydrogen) atoms. The predicted octanol–water partition coefficient (Wildman–Crippen LogP) is 2.98. The number of nitrogens with zero attached hydrogens (tertiary/aromatic N) is 4. The number of hydrogen-bond donors (Lipinski definition) is 0. The summed E-state index contributed by atoms with van der Waals surface area (Å²) in [5.74, 6) is 2.00. The lowest BCUT2D eigenvalue weighted by Gasteiger charge is -2.34. The van der Waals surface area contributed by atoms with E-state index in [0.29, 0.717) is 42.6 Å². The van der Waals surface area contributed by atoms with Crippen LogP contribution in [0.2, 0.25) is 0 Å². The molecule has 0 N–H and O–H groups in total. The summed E-state index contributed by atoms with van der Waals surface area (Å²) in [4.78, 5) is 2.39. The molecule has 2 heterocycles. The molecule has 168 valence electrons. The molecule has 0 amide bonds. The van der Waals surface area contributed by atoms with E-state index in [4.69, 9.17) is 9.47 Å². The first-order valence-electron chi connectivity index (χ1n) is 10.3. The van der Waals surface area contributed by atoms with Gasteiger partial charge in [0.25, 0.3) is 0 Å². The first-order valence-corrected chi connectivity index (χ1v) is 11.7. The van der Waals surface area contributed by atoms with Crippen molar-refractivity contribution in [2.45, 2.75) is 11.8 Å². The number of aromatic nitrogens is 2. The van der Waals surface area contributed by atoms with E-state index in [0.717, 1.165) is 22.6 Å². The van der Waals surface area contributed by atoms with Crippen LogP contribution in [0.5, 0.6) is 11.5 Å². The van der Waals surface area contributed by atoms with Gasteiger partial charge in [0.2, 0.25) is 10.0 Å². The molecule has 1 saturated heterocycles. The number of ether oxygens (including phenoxy) is 2. The van der Waals surface area contributed by atoms with Crippen LogP contribution in [0.1, 0.15) is 5.56 Å². The van der Waals surface area contributed by atoms with E-state index in [1.54, 1.807) is 32.4 Å². The van der Waals surface area contributed by atoms with Gasteiger partial charge in [0.1, 0.15) is 0 Å².